The molecule has 0 unspecified atom stereocenters. The third-order valence-corrected chi connectivity index (χ3v) is 3.84. The van der Waals surface area contributed by atoms with Crippen molar-refractivity contribution in [1.82, 2.24) is 0 Å². The molecule has 2 rings (SSSR count). The number of carbonyl (C=O) groups excluding carboxylic acids is 2. The maximum absolute atomic E-state index is 12.1. The van der Waals surface area contributed by atoms with Gasteiger partial charge in [-0.3, -0.25) is 9.59 Å². The van der Waals surface area contributed by atoms with Crippen LogP contribution in [-0.2, 0) is 4.79 Å². The van der Waals surface area contributed by atoms with Gasteiger partial charge in [-0.1, -0.05) is 29.8 Å². The van der Waals surface area contributed by atoms with Gasteiger partial charge < -0.3 is 4.90 Å². The lowest BCUT2D eigenvalue weighted by Crippen LogP contribution is -2.31. The molecule has 1 amide bonds. The van der Waals surface area contributed by atoms with Crippen LogP contribution in [-0.4, -0.2) is 18.2 Å². The van der Waals surface area contributed by atoms with Crippen LogP contribution in [0.25, 0.3) is 0 Å². The fourth-order valence-electron chi connectivity index (χ4n) is 2.48. The number of anilines is 1. The highest BCUT2D eigenvalue weighted by molar-refractivity contribution is 9.10. The predicted octanol–water partition coefficient (Wildman–Crippen LogP) is 3.72. The van der Waals surface area contributed by atoms with E-state index in [1.54, 1.807) is 11.0 Å². The van der Waals surface area contributed by atoms with E-state index in [9.17, 15) is 9.59 Å². The minimum Gasteiger partial charge on any atom is -0.304 e. The zero-order valence-electron chi connectivity index (χ0n) is 11.5. The van der Waals surface area contributed by atoms with E-state index in [-0.39, 0.29) is 11.7 Å². The Kier molecular flexibility index (Phi) is 4.09. The Labute approximate surface area is 122 Å². The van der Waals surface area contributed by atoms with Gasteiger partial charge >= 0.3 is 0 Å². The molecule has 0 fully saturated rings. The van der Waals surface area contributed by atoms with Gasteiger partial charge in [-0.05, 0) is 43.4 Å². The second-order valence-electron chi connectivity index (χ2n) is 5.44. The average Bonchev–Trinajstić information content (AvgIpc) is 2.54. The topological polar surface area (TPSA) is 37.4 Å². The first-order valence-corrected chi connectivity index (χ1v) is 7.37. The molecule has 1 aliphatic heterocycles. The van der Waals surface area contributed by atoms with Gasteiger partial charge in [-0.25, -0.2) is 0 Å². The number of aryl methyl sites for hydroxylation is 1. The summed E-state index contributed by atoms with van der Waals surface area (Å²) in [6.45, 7) is 6.88. The van der Waals surface area contributed by atoms with E-state index in [2.05, 4.69) is 29.8 Å². The van der Waals surface area contributed by atoms with Crippen LogP contribution in [0.4, 0.5) is 5.69 Å². The number of rotatable bonds is 4. The summed E-state index contributed by atoms with van der Waals surface area (Å²) in [4.78, 5) is 25.7. The highest BCUT2D eigenvalue weighted by atomic mass is 79.9. The molecular weight excluding hydrogens is 306 g/mol. The van der Waals surface area contributed by atoms with E-state index in [1.165, 1.54) is 0 Å². The summed E-state index contributed by atoms with van der Waals surface area (Å²) >= 11 is 3.37. The van der Waals surface area contributed by atoms with Crippen LogP contribution < -0.4 is 4.90 Å². The Morgan fingerprint density at radius 1 is 1.26 bits per heavy atom. The molecule has 0 spiro atoms. The van der Waals surface area contributed by atoms with Gasteiger partial charge in [-0.15, -0.1) is 0 Å². The molecule has 3 nitrogen and oxygen atoms in total. The fourth-order valence-corrected chi connectivity index (χ4v) is 3.05. The standard InChI is InChI=1S/C15H18BrNO2/c1-9(2)5-4-6-17-13-10(3)7-11(16)8-12(13)14(18)15(17)19/h7-9H,4-6H2,1-3H3. The highest BCUT2D eigenvalue weighted by Gasteiger charge is 2.36. The van der Waals surface area contributed by atoms with Crippen molar-refractivity contribution >= 4 is 33.3 Å². The maximum atomic E-state index is 12.1. The molecule has 0 atom stereocenters. The van der Waals surface area contributed by atoms with Crippen LogP contribution in [0.15, 0.2) is 16.6 Å². The molecule has 0 radical (unpaired) electrons. The lowest BCUT2D eigenvalue weighted by molar-refractivity contribution is -0.114. The molecule has 1 aliphatic rings. The van der Waals surface area contributed by atoms with Gasteiger partial charge in [0, 0.05) is 11.0 Å². The van der Waals surface area contributed by atoms with E-state index in [4.69, 9.17) is 0 Å². The number of benzene rings is 1. The van der Waals surface area contributed by atoms with Gasteiger partial charge in [-0.2, -0.15) is 0 Å². The minimum absolute atomic E-state index is 0.385. The highest BCUT2D eigenvalue weighted by Crippen LogP contribution is 2.35. The lowest BCUT2D eigenvalue weighted by Gasteiger charge is -2.19. The number of halogens is 1. The first kappa shape index (κ1) is 14.3. The molecule has 4 heteroatoms. The second-order valence-corrected chi connectivity index (χ2v) is 6.36. The van der Waals surface area contributed by atoms with Gasteiger partial charge in [0.15, 0.2) is 0 Å². The number of Topliss-reactive ketones (excluding diaryl/α,β-unsaturated/α-hetero) is 1. The molecule has 1 aromatic carbocycles. The summed E-state index contributed by atoms with van der Waals surface area (Å²) < 4.78 is 0.842. The Balaban J connectivity index is 2.28. The van der Waals surface area contributed by atoms with Crippen LogP contribution in [0.2, 0.25) is 0 Å². The van der Waals surface area contributed by atoms with Crippen molar-refractivity contribution in [3.63, 3.8) is 0 Å². The van der Waals surface area contributed by atoms with E-state index in [0.29, 0.717) is 18.0 Å². The van der Waals surface area contributed by atoms with Crippen LogP contribution in [0.3, 0.4) is 0 Å². The number of ketones is 1. The van der Waals surface area contributed by atoms with Crippen LogP contribution in [0.1, 0.15) is 42.6 Å². The summed E-state index contributed by atoms with van der Waals surface area (Å²) in [7, 11) is 0. The molecule has 0 bridgehead atoms. The molecule has 19 heavy (non-hydrogen) atoms. The minimum atomic E-state index is -0.389. The molecule has 0 N–H and O–H groups in total. The lowest BCUT2D eigenvalue weighted by atomic mass is 10.1. The molecule has 102 valence electrons. The van der Waals surface area contributed by atoms with Crippen LogP contribution in [0.5, 0.6) is 0 Å². The van der Waals surface area contributed by atoms with E-state index in [0.717, 1.165) is 28.6 Å². The molecule has 0 aromatic heterocycles. The molecule has 1 heterocycles. The first-order chi connectivity index (χ1) is 8.91. The third-order valence-electron chi connectivity index (χ3n) is 3.38. The Morgan fingerprint density at radius 3 is 2.58 bits per heavy atom. The van der Waals surface area contributed by atoms with Crippen molar-refractivity contribution in [2.75, 3.05) is 11.4 Å². The smallest absolute Gasteiger partial charge is 0.299 e. The third kappa shape index (κ3) is 2.73. The van der Waals surface area contributed by atoms with Crippen molar-refractivity contribution in [2.24, 2.45) is 5.92 Å². The normalized spacial score (nSPS) is 14.5. The summed E-state index contributed by atoms with van der Waals surface area (Å²) in [6, 6.07) is 3.69. The van der Waals surface area contributed by atoms with Gasteiger partial charge in [0.1, 0.15) is 0 Å². The zero-order valence-corrected chi connectivity index (χ0v) is 13.1. The SMILES string of the molecule is Cc1cc(Br)cc2c1N(CCCC(C)C)C(=O)C2=O. The Hall–Kier alpha value is -1.16. The van der Waals surface area contributed by atoms with Gasteiger partial charge in [0.2, 0.25) is 0 Å². The molecule has 0 aliphatic carbocycles. The van der Waals surface area contributed by atoms with Crippen molar-refractivity contribution in [2.45, 2.75) is 33.6 Å². The largest absolute Gasteiger partial charge is 0.304 e. The van der Waals surface area contributed by atoms with Crippen molar-refractivity contribution < 1.29 is 9.59 Å². The van der Waals surface area contributed by atoms with Crippen LogP contribution >= 0.6 is 15.9 Å². The van der Waals surface area contributed by atoms with Crippen molar-refractivity contribution in [3.8, 4) is 0 Å². The molecular formula is C15H18BrNO2. The molecule has 1 aromatic rings. The summed E-state index contributed by atoms with van der Waals surface area (Å²) in [5.41, 5.74) is 2.29. The van der Waals surface area contributed by atoms with Gasteiger partial charge in [0.25, 0.3) is 11.7 Å². The summed E-state index contributed by atoms with van der Waals surface area (Å²) in [5.74, 6) is -0.164. The number of hydrogen-bond acceptors (Lipinski definition) is 2. The summed E-state index contributed by atoms with van der Waals surface area (Å²) in [5, 5.41) is 0. The van der Waals surface area contributed by atoms with Crippen molar-refractivity contribution in [1.29, 1.82) is 0 Å². The van der Waals surface area contributed by atoms with Crippen LogP contribution in [0, 0.1) is 12.8 Å². The second kappa shape index (κ2) is 5.45. The fraction of sp³-hybridized carbons (Fsp3) is 0.467. The number of carbonyl (C=O) groups is 2. The Morgan fingerprint density at radius 2 is 1.95 bits per heavy atom. The number of fused-ring (bicyclic) bond motifs is 1. The zero-order chi connectivity index (χ0) is 14.2. The number of amides is 1. The molecule has 0 saturated carbocycles. The first-order valence-electron chi connectivity index (χ1n) is 6.58. The maximum Gasteiger partial charge on any atom is 0.299 e. The average molecular weight is 324 g/mol. The van der Waals surface area contributed by atoms with Gasteiger partial charge in [0.05, 0.1) is 11.3 Å². The quantitative estimate of drug-likeness (QED) is 0.792. The predicted molar refractivity (Wildman–Crippen MR) is 79.6 cm³/mol. The van der Waals surface area contributed by atoms with E-state index in [1.807, 2.05) is 13.0 Å². The molecule has 0 saturated heterocycles. The monoisotopic (exact) mass is 323 g/mol. The number of nitrogens with zero attached hydrogens (tertiary/aromatic N) is 1. The van der Waals surface area contributed by atoms with Crippen molar-refractivity contribution in [3.05, 3.63) is 27.7 Å². The van der Waals surface area contributed by atoms with E-state index >= 15 is 0 Å². The Bertz CT molecular complexity index is 537. The number of hydrogen-bond donors (Lipinski definition) is 0. The van der Waals surface area contributed by atoms with E-state index < -0.39 is 0 Å². The summed E-state index contributed by atoms with van der Waals surface area (Å²) in [6.07, 6.45) is 1.98.